The smallest absolute Gasteiger partial charge is 0.304 e. The third kappa shape index (κ3) is 4.67. The van der Waals surface area contributed by atoms with Gasteiger partial charge in [-0.25, -0.2) is 0 Å². The van der Waals surface area contributed by atoms with Crippen molar-refractivity contribution in [3.63, 3.8) is 0 Å². The molecule has 0 radical (unpaired) electrons. The van der Waals surface area contributed by atoms with Crippen LogP contribution in [-0.2, 0) is 9.59 Å². The van der Waals surface area contributed by atoms with Crippen LogP contribution < -0.4 is 5.32 Å². The highest BCUT2D eigenvalue weighted by Crippen LogP contribution is 2.32. The Labute approximate surface area is 109 Å². The zero-order valence-electron chi connectivity index (χ0n) is 11.4. The van der Waals surface area contributed by atoms with Gasteiger partial charge in [0.1, 0.15) is 0 Å². The Morgan fingerprint density at radius 2 is 1.89 bits per heavy atom. The Bertz CT molecular complexity index is 285. The molecular formula is C14H25NO3. The van der Waals surface area contributed by atoms with E-state index in [4.69, 9.17) is 5.11 Å². The van der Waals surface area contributed by atoms with Crippen LogP contribution >= 0.6 is 0 Å². The lowest BCUT2D eigenvalue weighted by atomic mass is 9.78. The van der Waals surface area contributed by atoms with E-state index in [1.54, 1.807) is 0 Å². The second-order valence-electron chi connectivity index (χ2n) is 5.42. The number of carbonyl (C=O) groups is 2. The van der Waals surface area contributed by atoms with Crippen molar-refractivity contribution in [2.24, 2.45) is 11.8 Å². The second kappa shape index (κ2) is 7.39. The lowest BCUT2D eigenvalue weighted by Crippen LogP contribution is -2.41. The molecule has 0 bridgehead atoms. The first-order chi connectivity index (χ1) is 8.54. The summed E-state index contributed by atoms with van der Waals surface area (Å²) in [5, 5.41) is 11.9. The van der Waals surface area contributed by atoms with Crippen LogP contribution in [0.1, 0.15) is 58.8 Å². The summed E-state index contributed by atoms with van der Waals surface area (Å²) in [7, 11) is 0. The second-order valence-corrected chi connectivity index (χ2v) is 5.42. The van der Waals surface area contributed by atoms with Gasteiger partial charge in [-0.3, -0.25) is 9.59 Å². The maximum absolute atomic E-state index is 12.2. The van der Waals surface area contributed by atoms with E-state index in [9.17, 15) is 9.59 Å². The van der Waals surface area contributed by atoms with Gasteiger partial charge in [-0.15, -0.1) is 0 Å². The number of hydrogen-bond donors (Lipinski definition) is 2. The summed E-state index contributed by atoms with van der Waals surface area (Å²) in [4.78, 5) is 23.1. The lowest BCUT2D eigenvalue weighted by molar-refractivity contribution is -0.142. The van der Waals surface area contributed by atoms with E-state index in [1.165, 1.54) is 6.42 Å². The van der Waals surface area contributed by atoms with Crippen LogP contribution in [0.25, 0.3) is 0 Å². The van der Waals surface area contributed by atoms with Crippen LogP contribution in [0.2, 0.25) is 0 Å². The molecule has 2 atom stereocenters. The van der Waals surface area contributed by atoms with Gasteiger partial charge < -0.3 is 10.4 Å². The number of nitrogens with one attached hydrogen (secondary N) is 1. The van der Waals surface area contributed by atoms with Crippen molar-refractivity contribution in [1.82, 2.24) is 5.32 Å². The Morgan fingerprint density at radius 3 is 2.39 bits per heavy atom. The first-order valence-corrected chi connectivity index (χ1v) is 7.06. The molecule has 104 valence electrons. The fourth-order valence-corrected chi connectivity index (χ4v) is 2.65. The van der Waals surface area contributed by atoms with Gasteiger partial charge in [0.2, 0.25) is 5.91 Å². The standard InChI is InChI=1S/C14H25NO3/c1-3-10(2)15-14(18)12(9-13(16)17)11-7-5-4-6-8-11/h10-12H,3-9H2,1-2H3,(H,15,18)(H,16,17). The number of rotatable bonds is 6. The summed E-state index contributed by atoms with van der Waals surface area (Å²) in [6.07, 6.45) is 6.28. The molecule has 1 amide bonds. The van der Waals surface area contributed by atoms with Gasteiger partial charge in [0, 0.05) is 6.04 Å². The van der Waals surface area contributed by atoms with E-state index in [1.807, 2.05) is 13.8 Å². The van der Waals surface area contributed by atoms with E-state index in [0.29, 0.717) is 0 Å². The maximum Gasteiger partial charge on any atom is 0.304 e. The minimum absolute atomic E-state index is 0.0348. The summed E-state index contributed by atoms with van der Waals surface area (Å²) in [6.45, 7) is 3.97. The SMILES string of the molecule is CCC(C)NC(=O)C(CC(=O)O)C1CCCCC1. The minimum atomic E-state index is -0.870. The van der Waals surface area contributed by atoms with Crippen molar-refractivity contribution >= 4 is 11.9 Å². The van der Waals surface area contributed by atoms with Crippen LogP contribution in [-0.4, -0.2) is 23.0 Å². The number of amides is 1. The average molecular weight is 255 g/mol. The van der Waals surface area contributed by atoms with E-state index < -0.39 is 5.97 Å². The van der Waals surface area contributed by atoms with Gasteiger partial charge in [0.25, 0.3) is 0 Å². The van der Waals surface area contributed by atoms with E-state index in [-0.39, 0.29) is 30.2 Å². The Hall–Kier alpha value is -1.06. The third-order valence-corrected chi connectivity index (χ3v) is 3.95. The first kappa shape index (κ1) is 15.0. The van der Waals surface area contributed by atoms with Gasteiger partial charge >= 0.3 is 5.97 Å². The highest BCUT2D eigenvalue weighted by Gasteiger charge is 2.31. The van der Waals surface area contributed by atoms with E-state index >= 15 is 0 Å². The molecule has 1 saturated carbocycles. The van der Waals surface area contributed by atoms with Crippen molar-refractivity contribution < 1.29 is 14.7 Å². The van der Waals surface area contributed by atoms with Gasteiger partial charge in [0.05, 0.1) is 12.3 Å². The molecule has 1 aliphatic carbocycles. The fourth-order valence-electron chi connectivity index (χ4n) is 2.65. The molecular weight excluding hydrogens is 230 g/mol. The summed E-state index contributed by atoms with van der Waals surface area (Å²) >= 11 is 0. The molecule has 0 aromatic carbocycles. The molecule has 2 unspecified atom stereocenters. The van der Waals surface area contributed by atoms with E-state index in [2.05, 4.69) is 5.32 Å². The molecule has 0 aromatic rings. The van der Waals surface area contributed by atoms with Crippen LogP contribution in [0.3, 0.4) is 0 Å². The van der Waals surface area contributed by atoms with Crippen LogP contribution in [0, 0.1) is 11.8 Å². The summed E-state index contributed by atoms with van der Waals surface area (Å²) in [5.41, 5.74) is 0. The molecule has 1 rings (SSSR count). The predicted molar refractivity (Wildman–Crippen MR) is 70.2 cm³/mol. The highest BCUT2D eigenvalue weighted by molar-refractivity contribution is 5.83. The number of carboxylic acids is 1. The Kier molecular flexibility index (Phi) is 6.16. The lowest BCUT2D eigenvalue weighted by Gasteiger charge is -2.29. The Morgan fingerprint density at radius 1 is 1.28 bits per heavy atom. The molecule has 0 aromatic heterocycles. The Balaban J connectivity index is 2.63. The molecule has 4 heteroatoms. The van der Waals surface area contributed by atoms with Gasteiger partial charge in [-0.05, 0) is 32.1 Å². The van der Waals surface area contributed by atoms with Crippen LogP contribution in [0.5, 0.6) is 0 Å². The number of hydrogen-bond acceptors (Lipinski definition) is 2. The number of aliphatic carboxylic acids is 1. The van der Waals surface area contributed by atoms with E-state index in [0.717, 1.165) is 32.1 Å². The highest BCUT2D eigenvalue weighted by atomic mass is 16.4. The van der Waals surface area contributed by atoms with Gasteiger partial charge in [0.15, 0.2) is 0 Å². The summed E-state index contributed by atoms with van der Waals surface area (Å²) in [5.74, 6) is -1.04. The quantitative estimate of drug-likeness (QED) is 0.766. The van der Waals surface area contributed by atoms with Crippen molar-refractivity contribution in [2.45, 2.75) is 64.8 Å². The summed E-state index contributed by atoms with van der Waals surface area (Å²) in [6, 6.07) is 0.123. The maximum atomic E-state index is 12.2. The molecule has 0 saturated heterocycles. The predicted octanol–water partition coefficient (Wildman–Crippen LogP) is 2.57. The first-order valence-electron chi connectivity index (χ1n) is 7.06. The van der Waals surface area contributed by atoms with Crippen LogP contribution in [0.4, 0.5) is 0 Å². The molecule has 1 aliphatic rings. The normalized spacial score (nSPS) is 20.1. The van der Waals surface area contributed by atoms with Crippen molar-refractivity contribution in [3.8, 4) is 0 Å². The number of carbonyl (C=O) groups excluding carboxylic acids is 1. The molecule has 4 nitrogen and oxygen atoms in total. The molecule has 1 fully saturated rings. The largest absolute Gasteiger partial charge is 0.481 e. The van der Waals surface area contributed by atoms with Crippen LogP contribution in [0.15, 0.2) is 0 Å². The topological polar surface area (TPSA) is 66.4 Å². The molecule has 0 heterocycles. The third-order valence-electron chi connectivity index (χ3n) is 3.95. The molecule has 2 N–H and O–H groups in total. The van der Waals surface area contributed by atoms with Gasteiger partial charge in [-0.2, -0.15) is 0 Å². The van der Waals surface area contributed by atoms with Crippen molar-refractivity contribution in [2.75, 3.05) is 0 Å². The zero-order valence-corrected chi connectivity index (χ0v) is 11.4. The monoisotopic (exact) mass is 255 g/mol. The fraction of sp³-hybridized carbons (Fsp3) is 0.857. The average Bonchev–Trinajstić information content (AvgIpc) is 2.36. The molecule has 18 heavy (non-hydrogen) atoms. The molecule has 0 spiro atoms. The van der Waals surface area contributed by atoms with Crippen molar-refractivity contribution in [3.05, 3.63) is 0 Å². The minimum Gasteiger partial charge on any atom is -0.481 e. The van der Waals surface area contributed by atoms with Gasteiger partial charge in [-0.1, -0.05) is 26.2 Å². The zero-order chi connectivity index (χ0) is 13.5. The molecule has 0 aliphatic heterocycles. The number of carboxylic acid groups (broad SMARTS) is 1. The summed E-state index contributed by atoms with van der Waals surface area (Å²) < 4.78 is 0. The van der Waals surface area contributed by atoms with Crippen molar-refractivity contribution in [1.29, 1.82) is 0 Å².